The molecule has 1 saturated heterocycles. The van der Waals surface area contributed by atoms with Gasteiger partial charge in [-0.1, -0.05) is 5.16 Å². The van der Waals surface area contributed by atoms with E-state index in [0.29, 0.717) is 5.69 Å². The standard InChI is InChI=1S/C21H20F2N4O5/c1-8-4-13(32-26-8)12-5-11-6-21(18(28)24-20(30)25-19(21)29)17-10(3)31-9(2)7-27(17)16(11)15(23)14(12)22/h4-5,9-10,17H,6-7H2,1-3H3,(H2,24,25,28,29,30)/p+1/t9-,10+,17-/m1/s1. The van der Waals surface area contributed by atoms with E-state index in [0.717, 1.165) is 0 Å². The Morgan fingerprint density at radius 1 is 1.28 bits per heavy atom. The number of rotatable bonds is 1. The second kappa shape index (κ2) is 6.83. The van der Waals surface area contributed by atoms with E-state index in [9.17, 15) is 14.7 Å². The number of hydrogen-bond acceptors (Lipinski definition) is 6. The van der Waals surface area contributed by atoms with Crippen LogP contribution in [0.5, 0.6) is 0 Å². The van der Waals surface area contributed by atoms with E-state index in [2.05, 4.69) is 15.5 Å². The van der Waals surface area contributed by atoms with Crippen molar-refractivity contribution in [1.29, 1.82) is 0 Å². The zero-order valence-electron chi connectivity index (χ0n) is 17.5. The van der Waals surface area contributed by atoms with Gasteiger partial charge in [-0.05, 0) is 32.4 Å². The van der Waals surface area contributed by atoms with Gasteiger partial charge in [0, 0.05) is 19.0 Å². The van der Waals surface area contributed by atoms with Gasteiger partial charge >= 0.3 is 11.9 Å². The minimum Gasteiger partial charge on any atom is -0.480 e. The van der Waals surface area contributed by atoms with Gasteiger partial charge in [-0.15, -0.1) is 0 Å². The number of carbonyl (C=O) groups excluding carboxylic acids is 2. The van der Waals surface area contributed by atoms with Crippen LogP contribution in [-0.4, -0.2) is 52.9 Å². The summed E-state index contributed by atoms with van der Waals surface area (Å²) in [5.74, 6) is -3.45. The van der Waals surface area contributed by atoms with Gasteiger partial charge in [0.1, 0.15) is 0 Å². The number of amides is 3. The Morgan fingerprint density at radius 3 is 2.69 bits per heavy atom. The van der Waals surface area contributed by atoms with Gasteiger partial charge in [0.15, 0.2) is 22.8 Å². The van der Waals surface area contributed by atoms with Crippen LogP contribution in [0.2, 0.25) is 0 Å². The average Bonchev–Trinajstić information content (AvgIpc) is 3.14. The van der Waals surface area contributed by atoms with E-state index < -0.39 is 47.0 Å². The van der Waals surface area contributed by atoms with E-state index in [1.54, 1.807) is 25.7 Å². The maximum absolute atomic E-state index is 15.5. The lowest BCUT2D eigenvalue weighted by molar-refractivity contribution is -0.366. The van der Waals surface area contributed by atoms with Gasteiger partial charge in [-0.3, -0.25) is 0 Å². The van der Waals surface area contributed by atoms with Gasteiger partial charge in [-0.2, -0.15) is 15.1 Å². The number of morpholine rings is 1. The Morgan fingerprint density at radius 2 is 2.03 bits per heavy atom. The molecule has 1 aromatic carbocycles. The molecule has 0 saturated carbocycles. The number of aryl methyl sites for hydroxylation is 1. The molecule has 1 unspecified atom stereocenters. The van der Waals surface area contributed by atoms with Crippen molar-refractivity contribution in [3.63, 3.8) is 0 Å². The SMILES string of the molecule is Cc1cc(-c2cc3c(c(F)c2F)N2C[C@@H](C)O[C@@H](C)[C@@H]2C2(C3)C(=O)NC(=O)[NH+]=C2O)on1. The smallest absolute Gasteiger partial charge is 0.480 e. The van der Waals surface area contributed by atoms with Crippen LogP contribution < -0.4 is 15.2 Å². The maximum atomic E-state index is 15.5. The van der Waals surface area contributed by atoms with Crippen LogP contribution in [-0.2, 0) is 16.0 Å². The zero-order chi connectivity index (χ0) is 22.9. The molecule has 1 aromatic heterocycles. The highest BCUT2D eigenvalue weighted by atomic mass is 19.2. The van der Waals surface area contributed by atoms with Gasteiger partial charge in [0.25, 0.3) is 5.90 Å². The molecule has 3 aliphatic rings. The molecule has 4 heterocycles. The molecule has 0 radical (unpaired) electrons. The van der Waals surface area contributed by atoms with E-state index in [1.807, 2.05) is 0 Å². The molecule has 3 amide bonds. The van der Waals surface area contributed by atoms with Crippen LogP contribution in [0.1, 0.15) is 25.1 Å². The second-order valence-electron chi connectivity index (χ2n) is 8.55. The molecule has 32 heavy (non-hydrogen) atoms. The number of anilines is 1. The molecule has 2 aromatic rings. The lowest BCUT2D eigenvalue weighted by Crippen LogP contribution is -2.91. The summed E-state index contributed by atoms with van der Waals surface area (Å²) >= 11 is 0. The second-order valence-corrected chi connectivity index (χ2v) is 8.55. The van der Waals surface area contributed by atoms with Crippen molar-refractivity contribution in [3.05, 3.63) is 35.0 Å². The number of aliphatic hydroxyl groups excluding tert-OH is 1. The Hall–Kier alpha value is -3.34. The van der Waals surface area contributed by atoms with Crippen LogP contribution in [0.25, 0.3) is 11.3 Å². The molecule has 4 atom stereocenters. The summed E-state index contributed by atoms with van der Waals surface area (Å²) in [6.07, 6.45) is -1.19. The number of nitrogens with zero attached hydrogens (tertiary/aromatic N) is 2. The highest BCUT2D eigenvalue weighted by Gasteiger charge is 2.65. The zero-order valence-corrected chi connectivity index (χ0v) is 17.5. The number of benzene rings is 1. The first-order valence-corrected chi connectivity index (χ1v) is 10.2. The van der Waals surface area contributed by atoms with Crippen LogP contribution in [0.4, 0.5) is 19.3 Å². The fourth-order valence-electron chi connectivity index (χ4n) is 5.23. The molecule has 11 heteroatoms. The predicted octanol–water partition coefficient (Wildman–Crippen LogP) is 0.740. The third-order valence-electron chi connectivity index (χ3n) is 6.38. The molecular weight excluding hydrogens is 426 g/mol. The number of halogens is 2. The van der Waals surface area contributed by atoms with Gasteiger partial charge < -0.3 is 19.3 Å². The van der Waals surface area contributed by atoms with Crippen LogP contribution in [0.3, 0.4) is 0 Å². The van der Waals surface area contributed by atoms with Crippen molar-refractivity contribution in [1.82, 2.24) is 10.5 Å². The minimum atomic E-state index is -1.67. The maximum Gasteiger partial charge on any atom is 0.498 e. The number of imide groups is 1. The normalized spacial score (nSPS) is 29.5. The third kappa shape index (κ3) is 2.70. The van der Waals surface area contributed by atoms with Crippen molar-refractivity contribution in [2.45, 2.75) is 45.4 Å². The van der Waals surface area contributed by atoms with E-state index in [4.69, 9.17) is 9.26 Å². The number of hydrogen-bond donors (Lipinski definition) is 3. The van der Waals surface area contributed by atoms with Crippen molar-refractivity contribution in [2.24, 2.45) is 5.41 Å². The average molecular weight is 447 g/mol. The van der Waals surface area contributed by atoms with E-state index in [1.165, 1.54) is 12.1 Å². The summed E-state index contributed by atoms with van der Waals surface area (Å²) in [6.45, 7) is 5.27. The lowest BCUT2D eigenvalue weighted by Gasteiger charge is -2.53. The van der Waals surface area contributed by atoms with Gasteiger partial charge in [0.05, 0.1) is 35.2 Å². The minimum absolute atomic E-state index is 0.00221. The number of fused-ring (bicyclic) bond motifs is 4. The molecule has 3 aliphatic heterocycles. The molecule has 0 aliphatic carbocycles. The van der Waals surface area contributed by atoms with Crippen LogP contribution in [0.15, 0.2) is 16.7 Å². The number of ether oxygens (including phenoxy) is 1. The van der Waals surface area contributed by atoms with Crippen molar-refractivity contribution in [2.75, 3.05) is 11.4 Å². The van der Waals surface area contributed by atoms with Crippen molar-refractivity contribution >= 4 is 23.5 Å². The number of carbonyl (C=O) groups is 2. The molecule has 5 rings (SSSR count). The number of nitrogens with one attached hydrogen (secondary N) is 2. The topological polar surface area (TPSA) is 119 Å². The predicted molar refractivity (Wildman–Crippen MR) is 106 cm³/mol. The first kappa shape index (κ1) is 20.6. The van der Waals surface area contributed by atoms with Crippen LogP contribution >= 0.6 is 0 Å². The Kier molecular flexibility index (Phi) is 4.39. The molecule has 0 bridgehead atoms. The summed E-state index contributed by atoms with van der Waals surface area (Å²) < 4.78 is 41.7. The quantitative estimate of drug-likeness (QED) is 0.590. The lowest BCUT2D eigenvalue weighted by atomic mass is 9.67. The monoisotopic (exact) mass is 447 g/mol. The Balaban J connectivity index is 1.77. The highest BCUT2D eigenvalue weighted by Crippen LogP contribution is 2.48. The molecule has 9 nitrogen and oxygen atoms in total. The summed E-state index contributed by atoms with van der Waals surface area (Å²) in [5.41, 5.74) is -1.05. The number of aliphatic hydroxyl groups is 1. The van der Waals surface area contributed by atoms with Gasteiger partial charge in [-0.25, -0.2) is 13.6 Å². The summed E-state index contributed by atoms with van der Waals surface area (Å²) in [7, 11) is 0. The van der Waals surface area contributed by atoms with E-state index >= 15 is 8.78 Å². The summed E-state index contributed by atoms with van der Waals surface area (Å²) in [4.78, 5) is 28.8. The Labute approximate surface area is 181 Å². The molecule has 3 N–H and O–H groups in total. The van der Waals surface area contributed by atoms with E-state index in [-0.39, 0.29) is 41.6 Å². The molecule has 1 spiro atoms. The third-order valence-corrected chi connectivity index (χ3v) is 6.38. The van der Waals surface area contributed by atoms with Crippen molar-refractivity contribution < 1.29 is 37.7 Å². The summed E-state index contributed by atoms with van der Waals surface area (Å²) in [6, 6.07) is 1.12. The number of urea groups is 1. The fourth-order valence-corrected chi connectivity index (χ4v) is 5.23. The summed E-state index contributed by atoms with van der Waals surface area (Å²) in [5, 5.41) is 16.8. The van der Waals surface area contributed by atoms with Crippen molar-refractivity contribution in [3.8, 4) is 11.3 Å². The first-order valence-electron chi connectivity index (χ1n) is 10.2. The molecule has 168 valence electrons. The molecular formula is C21H21F2N4O5+. The van der Waals surface area contributed by atoms with Crippen LogP contribution in [0, 0.1) is 24.0 Å². The largest absolute Gasteiger partial charge is 0.498 e. The molecule has 1 fully saturated rings. The fraction of sp³-hybridized carbons (Fsp3) is 0.429. The number of aromatic nitrogens is 1. The highest BCUT2D eigenvalue weighted by molar-refractivity contribution is 6.12. The first-order chi connectivity index (χ1) is 15.1. The van der Waals surface area contributed by atoms with Gasteiger partial charge in [0.2, 0.25) is 0 Å². The Bertz CT molecular complexity index is 1200.